The van der Waals surface area contributed by atoms with Gasteiger partial charge < -0.3 is 4.90 Å². The van der Waals surface area contributed by atoms with Crippen LogP contribution in [-0.2, 0) is 6.54 Å². The van der Waals surface area contributed by atoms with Crippen molar-refractivity contribution in [1.29, 1.82) is 0 Å². The van der Waals surface area contributed by atoms with Gasteiger partial charge in [0.15, 0.2) is 0 Å². The predicted octanol–water partition coefficient (Wildman–Crippen LogP) is 4.64. The Kier molecular flexibility index (Phi) is 2.59. The molecule has 2 saturated carbocycles. The highest BCUT2D eigenvalue weighted by atomic mass is 79.9. The zero-order chi connectivity index (χ0) is 14.1. The van der Waals surface area contributed by atoms with Crippen molar-refractivity contribution in [3.05, 3.63) is 28.0 Å². The molecule has 0 aromatic heterocycles. The molecule has 2 aliphatic carbocycles. The standard InChI is InChI=1S/C17H18BrFN2/c18-12-6-15(19)14-8-21-13-4-9-1-10(5-13)3-11(2-9)17(21)20-16(14)7-12/h6-7,9-11,13H,1-5,8H2/t9-,10-,11?,13?/m0/s1. The molecule has 3 heterocycles. The molecule has 0 amide bonds. The summed E-state index contributed by atoms with van der Waals surface area (Å²) in [7, 11) is 0. The van der Waals surface area contributed by atoms with E-state index in [0.29, 0.717) is 18.5 Å². The van der Waals surface area contributed by atoms with Crippen LogP contribution in [0.4, 0.5) is 10.1 Å². The van der Waals surface area contributed by atoms with Crippen molar-refractivity contribution >= 4 is 27.5 Å². The normalized spacial score (nSPS) is 36.1. The molecule has 21 heavy (non-hydrogen) atoms. The highest BCUT2D eigenvalue weighted by molar-refractivity contribution is 9.10. The second-order valence-electron chi connectivity index (χ2n) is 7.24. The fraction of sp³-hybridized carbons (Fsp3) is 0.588. The number of hydrogen-bond donors (Lipinski definition) is 0. The van der Waals surface area contributed by atoms with Crippen molar-refractivity contribution in [2.45, 2.75) is 44.7 Å². The number of halogens is 2. The lowest BCUT2D eigenvalue weighted by molar-refractivity contribution is 0.127. The molecular formula is C17H18BrFN2. The summed E-state index contributed by atoms with van der Waals surface area (Å²) >= 11 is 3.39. The number of benzene rings is 1. The Balaban J connectivity index is 1.66. The van der Waals surface area contributed by atoms with Gasteiger partial charge in [0, 0.05) is 28.5 Å². The quantitative estimate of drug-likeness (QED) is 0.666. The molecule has 4 fully saturated rings. The van der Waals surface area contributed by atoms with E-state index in [2.05, 4.69) is 20.8 Å². The fourth-order valence-corrected chi connectivity index (χ4v) is 5.63. The maximum Gasteiger partial charge on any atom is 0.131 e. The Morgan fingerprint density at radius 2 is 1.86 bits per heavy atom. The van der Waals surface area contributed by atoms with Gasteiger partial charge in [-0.3, -0.25) is 0 Å². The Morgan fingerprint density at radius 1 is 1.10 bits per heavy atom. The zero-order valence-corrected chi connectivity index (χ0v) is 13.4. The minimum Gasteiger partial charge on any atom is -0.352 e. The van der Waals surface area contributed by atoms with E-state index >= 15 is 0 Å². The van der Waals surface area contributed by atoms with Crippen molar-refractivity contribution in [3.8, 4) is 0 Å². The third-order valence-electron chi connectivity index (χ3n) is 5.91. The minimum atomic E-state index is -0.119. The summed E-state index contributed by atoms with van der Waals surface area (Å²) in [5.41, 5.74) is 1.62. The SMILES string of the molecule is Fc1cc(Br)cc2c1CN1C(=N2)C2C[C@H]3CC1C[C@H](C2)C3. The van der Waals surface area contributed by atoms with Crippen LogP contribution in [0.25, 0.3) is 0 Å². The van der Waals surface area contributed by atoms with Gasteiger partial charge in [-0.15, -0.1) is 0 Å². The summed E-state index contributed by atoms with van der Waals surface area (Å²) in [4.78, 5) is 7.37. The molecule has 4 heteroatoms. The molecule has 0 radical (unpaired) electrons. The predicted molar refractivity (Wildman–Crippen MR) is 84.1 cm³/mol. The fourth-order valence-electron chi connectivity index (χ4n) is 5.21. The first kappa shape index (κ1) is 12.6. The first-order valence-electron chi connectivity index (χ1n) is 8.00. The number of rotatable bonds is 0. The monoisotopic (exact) mass is 348 g/mol. The van der Waals surface area contributed by atoms with Crippen LogP contribution >= 0.6 is 15.9 Å². The van der Waals surface area contributed by atoms with E-state index in [-0.39, 0.29) is 5.82 Å². The lowest BCUT2D eigenvalue weighted by atomic mass is 9.68. The third kappa shape index (κ3) is 1.84. The molecule has 6 rings (SSSR count). The molecule has 4 bridgehead atoms. The van der Waals surface area contributed by atoms with Crippen molar-refractivity contribution in [1.82, 2.24) is 4.90 Å². The molecule has 0 spiro atoms. The second-order valence-corrected chi connectivity index (χ2v) is 8.16. The van der Waals surface area contributed by atoms with Gasteiger partial charge in [0.05, 0.1) is 5.69 Å². The lowest BCUT2D eigenvalue weighted by Crippen LogP contribution is -2.42. The van der Waals surface area contributed by atoms with Gasteiger partial charge in [0.25, 0.3) is 0 Å². The van der Waals surface area contributed by atoms with Crippen LogP contribution in [0.5, 0.6) is 0 Å². The summed E-state index contributed by atoms with van der Waals surface area (Å²) < 4.78 is 15.1. The molecule has 110 valence electrons. The molecule has 3 aliphatic heterocycles. The van der Waals surface area contributed by atoms with Crippen LogP contribution in [0, 0.1) is 23.6 Å². The van der Waals surface area contributed by atoms with Gasteiger partial charge in [0.1, 0.15) is 11.7 Å². The van der Waals surface area contributed by atoms with Gasteiger partial charge in [-0.1, -0.05) is 15.9 Å². The van der Waals surface area contributed by atoms with E-state index in [9.17, 15) is 4.39 Å². The number of fused-ring (bicyclic) bond motifs is 1. The Hall–Kier alpha value is -0.900. The maximum absolute atomic E-state index is 14.3. The summed E-state index contributed by atoms with van der Waals surface area (Å²) in [5, 5.41) is 0. The topological polar surface area (TPSA) is 15.6 Å². The van der Waals surface area contributed by atoms with Gasteiger partial charge >= 0.3 is 0 Å². The summed E-state index contributed by atoms with van der Waals surface area (Å²) in [6, 6.07) is 4.13. The van der Waals surface area contributed by atoms with Gasteiger partial charge in [-0.2, -0.15) is 0 Å². The lowest BCUT2D eigenvalue weighted by Gasteiger charge is -2.39. The van der Waals surface area contributed by atoms with E-state index in [0.717, 1.165) is 27.6 Å². The average Bonchev–Trinajstić information content (AvgIpc) is 2.59. The number of nitrogens with zero attached hydrogens (tertiary/aromatic N) is 2. The Bertz CT molecular complexity index is 642. The average molecular weight is 349 g/mol. The van der Waals surface area contributed by atoms with Gasteiger partial charge in [-0.05, 0) is 56.1 Å². The van der Waals surface area contributed by atoms with Crippen molar-refractivity contribution in [2.24, 2.45) is 22.7 Å². The smallest absolute Gasteiger partial charge is 0.131 e. The first-order chi connectivity index (χ1) is 10.2. The van der Waals surface area contributed by atoms with Crippen LogP contribution in [0.1, 0.15) is 37.7 Å². The van der Waals surface area contributed by atoms with Crippen LogP contribution in [0.15, 0.2) is 21.6 Å². The molecule has 0 unspecified atom stereocenters. The number of aliphatic imine (C=N–C) groups is 1. The minimum absolute atomic E-state index is 0.119. The molecular weight excluding hydrogens is 331 g/mol. The van der Waals surface area contributed by atoms with E-state index < -0.39 is 0 Å². The molecule has 1 aromatic carbocycles. The summed E-state index contributed by atoms with van der Waals surface area (Å²) in [6.45, 7) is 0.716. The molecule has 2 nitrogen and oxygen atoms in total. The van der Waals surface area contributed by atoms with Crippen LogP contribution in [-0.4, -0.2) is 16.8 Å². The van der Waals surface area contributed by atoms with Crippen molar-refractivity contribution < 1.29 is 4.39 Å². The number of hydrogen-bond acceptors (Lipinski definition) is 2. The summed E-state index contributed by atoms with van der Waals surface area (Å²) in [5.74, 6) is 3.50. The number of amidine groups is 1. The first-order valence-corrected chi connectivity index (χ1v) is 8.80. The highest BCUT2D eigenvalue weighted by Gasteiger charge is 2.46. The van der Waals surface area contributed by atoms with E-state index in [1.54, 1.807) is 6.07 Å². The molecule has 2 saturated heterocycles. The van der Waals surface area contributed by atoms with Crippen LogP contribution < -0.4 is 0 Å². The molecule has 2 atom stereocenters. The largest absolute Gasteiger partial charge is 0.352 e. The van der Waals surface area contributed by atoms with Crippen molar-refractivity contribution in [2.75, 3.05) is 0 Å². The van der Waals surface area contributed by atoms with Crippen LogP contribution in [0.3, 0.4) is 0 Å². The Labute approximate surface area is 132 Å². The second kappa shape index (κ2) is 4.31. The molecule has 0 N–H and O–H groups in total. The van der Waals surface area contributed by atoms with Gasteiger partial charge in [-0.25, -0.2) is 9.38 Å². The third-order valence-corrected chi connectivity index (χ3v) is 6.37. The molecule has 5 aliphatic rings. The van der Waals surface area contributed by atoms with E-state index in [4.69, 9.17) is 4.99 Å². The Morgan fingerprint density at radius 3 is 2.62 bits per heavy atom. The van der Waals surface area contributed by atoms with Crippen molar-refractivity contribution in [3.63, 3.8) is 0 Å². The van der Waals surface area contributed by atoms with Crippen LogP contribution in [0.2, 0.25) is 0 Å². The van der Waals surface area contributed by atoms with E-state index in [1.807, 2.05) is 6.07 Å². The van der Waals surface area contributed by atoms with E-state index in [1.165, 1.54) is 37.9 Å². The van der Waals surface area contributed by atoms with Gasteiger partial charge in [0.2, 0.25) is 0 Å². The zero-order valence-electron chi connectivity index (χ0n) is 11.9. The molecule has 1 aromatic rings. The maximum atomic E-state index is 14.3. The summed E-state index contributed by atoms with van der Waals surface area (Å²) in [6.07, 6.45) is 6.60. The highest BCUT2D eigenvalue weighted by Crippen LogP contribution is 2.50.